The third-order valence-electron chi connectivity index (χ3n) is 6.45. The van der Waals surface area contributed by atoms with E-state index in [2.05, 4.69) is 116 Å². The van der Waals surface area contributed by atoms with E-state index in [0.29, 0.717) is 12.5 Å². The van der Waals surface area contributed by atoms with E-state index in [-0.39, 0.29) is 0 Å². The number of halogens is 3. The number of alkyl halides is 1. The Morgan fingerprint density at radius 2 is 0.761 bits per heavy atom. The molecule has 0 spiro atoms. The third-order valence-corrected chi connectivity index (χ3v) is 6.61. The molecule has 0 bridgehead atoms. The van der Waals surface area contributed by atoms with E-state index in [4.69, 9.17) is 30.6 Å². The van der Waals surface area contributed by atoms with Crippen LogP contribution in [-0.2, 0) is 0 Å². The Balaban J connectivity index is 0.000000177. The highest BCUT2D eigenvalue weighted by Crippen LogP contribution is 2.22. The minimum atomic E-state index is -0.889. The second kappa shape index (κ2) is 21.0. The first kappa shape index (κ1) is 36.5. The molecule has 0 fully saturated rings. The van der Waals surface area contributed by atoms with E-state index in [9.17, 15) is 0 Å². The van der Waals surface area contributed by atoms with Crippen molar-refractivity contribution in [2.75, 3.05) is 25.7 Å². The Morgan fingerprint density at radius 3 is 1.04 bits per heavy atom. The molecular weight excluding hydrogens is 639 g/mol. The lowest BCUT2D eigenvalue weighted by Crippen LogP contribution is -1.97. The molecule has 7 heteroatoms. The van der Waals surface area contributed by atoms with Gasteiger partial charge in [-0.1, -0.05) is 105 Å². The zero-order valence-electron chi connectivity index (χ0n) is 26.1. The number of carbonyl (C=O) groups is 1. The first-order valence-electron chi connectivity index (χ1n) is 15.2. The van der Waals surface area contributed by atoms with Crippen molar-refractivity contribution in [2.45, 2.75) is 26.7 Å². The van der Waals surface area contributed by atoms with Gasteiger partial charge in [0, 0.05) is 0 Å². The van der Waals surface area contributed by atoms with E-state index < -0.39 is 4.70 Å². The summed E-state index contributed by atoms with van der Waals surface area (Å²) in [6.45, 7) is 6.36. The van der Waals surface area contributed by atoms with E-state index >= 15 is 0 Å². The molecule has 0 aromatic heterocycles. The van der Waals surface area contributed by atoms with Crippen molar-refractivity contribution in [3.8, 4) is 17.2 Å². The molecule has 0 aliphatic carbocycles. The fourth-order valence-electron chi connectivity index (χ4n) is 4.37. The summed E-state index contributed by atoms with van der Waals surface area (Å²) in [5.41, 5.74) is 0. The summed E-state index contributed by atoms with van der Waals surface area (Å²) < 4.78 is 15.7. The number of ether oxygens (including phenoxy) is 3. The number of hydrogen-bond donors (Lipinski definition) is 0. The van der Waals surface area contributed by atoms with E-state index in [1.165, 1.54) is 32.3 Å². The third kappa shape index (κ3) is 13.2. The van der Waals surface area contributed by atoms with Crippen LogP contribution in [0.5, 0.6) is 17.2 Å². The van der Waals surface area contributed by atoms with Gasteiger partial charge in [0.25, 0.3) is 0 Å². The van der Waals surface area contributed by atoms with E-state index in [1.807, 2.05) is 48.5 Å². The van der Waals surface area contributed by atoms with Crippen LogP contribution in [0.1, 0.15) is 26.7 Å². The summed E-state index contributed by atoms with van der Waals surface area (Å²) in [5, 5.41) is 7.42. The van der Waals surface area contributed by atoms with Crippen molar-refractivity contribution >= 4 is 71.8 Å². The highest BCUT2D eigenvalue weighted by molar-refractivity contribution is 6.93. The summed E-state index contributed by atoms with van der Waals surface area (Å²) >= 11 is 14.3. The minimum absolute atomic E-state index is 0.521. The lowest BCUT2D eigenvalue weighted by atomic mass is 10.1. The van der Waals surface area contributed by atoms with Crippen LogP contribution >= 0.6 is 34.8 Å². The van der Waals surface area contributed by atoms with Crippen molar-refractivity contribution < 1.29 is 19.0 Å². The summed E-state index contributed by atoms with van der Waals surface area (Å²) in [6, 6.07) is 43.3. The maximum Gasteiger partial charge on any atom is 0.313 e. The van der Waals surface area contributed by atoms with Crippen LogP contribution in [0.15, 0.2) is 127 Å². The fourth-order valence-corrected chi connectivity index (χ4v) is 4.44. The minimum Gasteiger partial charge on any atom is -0.494 e. The molecule has 0 unspecified atom stereocenters. The lowest BCUT2D eigenvalue weighted by Gasteiger charge is -2.05. The van der Waals surface area contributed by atoms with Gasteiger partial charge >= 0.3 is 4.70 Å². The maximum atomic E-state index is 8.98. The molecule has 240 valence electrons. The number of carbonyl (C=O) groups excluding carboxylic acids is 1. The first-order valence-corrected chi connectivity index (χ1v) is 16.5. The van der Waals surface area contributed by atoms with Gasteiger partial charge in [0.2, 0.25) is 0 Å². The van der Waals surface area contributed by atoms with Crippen LogP contribution in [-0.4, -0.2) is 30.4 Å². The van der Waals surface area contributed by atoms with Crippen LogP contribution in [0.2, 0.25) is 0 Å². The molecule has 46 heavy (non-hydrogen) atoms. The SMILES string of the molecule is CCCOc1ccc2ccccc2c1.CCCOc1ccc2ccccc2c1.ClCCOc1ccc2ccccc2c1.O=C(Cl)Cl. The van der Waals surface area contributed by atoms with Crippen molar-refractivity contribution in [3.63, 3.8) is 0 Å². The quantitative estimate of drug-likeness (QED) is 0.113. The van der Waals surface area contributed by atoms with Crippen LogP contribution in [0.3, 0.4) is 0 Å². The molecule has 0 atom stereocenters. The Morgan fingerprint density at radius 1 is 0.478 bits per heavy atom. The average molecular weight is 678 g/mol. The van der Waals surface area contributed by atoms with Gasteiger partial charge < -0.3 is 14.2 Å². The largest absolute Gasteiger partial charge is 0.494 e. The standard InChI is InChI=1S/2C13H14O.C12H11ClO.CCl2O/c2*1-2-9-14-13-8-7-11-5-3-4-6-12(11)10-13;13-7-8-14-12-6-5-10-3-1-2-4-11(10)9-12;2-1(3)4/h2*3-8,10H,2,9H2,1H3;1-6,9H,7-8H2;. The molecule has 6 aromatic carbocycles. The normalized spacial score (nSPS) is 10.0. The predicted octanol–water partition coefficient (Wildman–Crippen LogP) is 12.3. The summed E-state index contributed by atoms with van der Waals surface area (Å²) in [7, 11) is 0. The molecule has 0 N–H and O–H groups in total. The number of benzene rings is 6. The topological polar surface area (TPSA) is 44.8 Å². The van der Waals surface area contributed by atoms with Gasteiger partial charge in [-0.15, -0.1) is 11.6 Å². The average Bonchev–Trinajstić information content (AvgIpc) is 3.09. The molecule has 0 saturated carbocycles. The lowest BCUT2D eigenvalue weighted by molar-refractivity contribution is 0.275. The second-order valence-electron chi connectivity index (χ2n) is 9.99. The molecule has 4 nitrogen and oxygen atoms in total. The highest BCUT2D eigenvalue weighted by Gasteiger charge is 1.97. The van der Waals surface area contributed by atoms with Gasteiger partial charge in [0.15, 0.2) is 0 Å². The van der Waals surface area contributed by atoms with Gasteiger partial charge in [0.05, 0.1) is 19.1 Å². The number of fused-ring (bicyclic) bond motifs is 3. The molecule has 6 aromatic rings. The van der Waals surface area contributed by atoms with Gasteiger partial charge in [-0.25, -0.2) is 0 Å². The maximum absolute atomic E-state index is 8.98. The Hall–Kier alpha value is -3.96. The fraction of sp³-hybridized carbons (Fsp3) is 0.205. The highest BCUT2D eigenvalue weighted by atomic mass is 35.5. The van der Waals surface area contributed by atoms with Gasteiger partial charge in [-0.3, -0.25) is 4.79 Å². The first-order chi connectivity index (χ1) is 22.4. The molecule has 0 aliphatic rings. The van der Waals surface area contributed by atoms with Gasteiger partial charge in [0.1, 0.15) is 23.9 Å². The monoisotopic (exact) mass is 676 g/mol. The summed E-state index contributed by atoms with van der Waals surface area (Å²) in [4.78, 5) is 8.98. The van der Waals surface area contributed by atoms with Crippen molar-refractivity contribution in [1.82, 2.24) is 0 Å². The molecule has 0 saturated heterocycles. The van der Waals surface area contributed by atoms with Crippen LogP contribution < -0.4 is 14.2 Å². The smallest absolute Gasteiger partial charge is 0.313 e. The Kier molecular flexibility index (Phi) is 16.6. The number of rotatable bonds is 9. The summed E-state index contributed by atoms with van der Waals surface area (Å²) in [5.74, 6) is 3.33. The molecule has 0 radical (unpaired) electrons. The Labute approximate surface area is 286 Å². The number of hydrogen-bond acceptors (Lipinski definition) is 4. The van der Waals surface area contributed by atoms with Gasteiger partial charge in [-0.05, 0) is 105 Å². The van der Waals surface area contributed by atoms with Crippen molar-refractivity contribution in [1.29, 1.82) is 0 Å². The van der Waals surface area contributed by atoms with Crippen molar-refractivity contribution in [2.24, 2.45) is 0 Å². The van der Waals surface area contributed by atoms with Crippen LogP contribution in [0.25, 0.3) is 32.3 Å². The van der Waals surface area contributed by atoms with Crippen molar-refractivity contribution in [3.05, 3.63) is 127 Å². The van der Waals surface area contributed by atoms with Crippen LogP contribution in [0.4, 0.5) is 4.79 Å². The zero-order chi connectivity index (χ0) is 33.0. The van der Waals surface area contributed by atoms with Gasteiger partial charge in [-0.2, -0.15) is 0 Å². The molecule has 0 aliphatic heterocycles. The zero-order valence-corrected chi connectivity index (χ0v) is 28.4. The van der Waals surface area contributed by atoms with Crippen LogP contribution in [0, 0.1) is 0 Å². The molecule has 0 heterocycles. The molecular formula is C39H39Cl3O4. The molecule has 0 amide bonds. The second-order valence-corrected chi connectivity index (χ2v) is 11.2. The molecule has 6 rings (SSSR count). The van der Waals surface area contributed by atoms with E-state index in [0.717, 1.165) is 43.3 Å². The Bertz CT molecular complexity index is 1570. The van der Waals surface area contributed by atoms with E-state index in [1.54, 1.807) is 0 Å². The predicted molar refractivity (Wildman–Crippen MR) is 197 cm³/mol. The summed E-state index contributed by atoms with van der Waals surface area (Å²) in [6.07, 6.45) is 2.10.